The van der Waals surface area contributed by atoms with E-state index in [4.69, 9.17) is 9.57 Å². The van der Waals surface area contributed by atoms with Gasteiger partial charge in [-0.15, -0.1) is 0 Å². The van der Waals surface area contributed by atoms with Crippen molar-refractivity contribution in [3.05, 3.63) is 52.9 Å². The molecule has 2 aliphatic heterocycles. The van der Waals surface area contributed by atoms with Crippen molar-refractivity contribution in [3.8, 4) is 5.75 Å². The van der Waals surface area contributed by atoms with Crippen molar-refractivity contribution in [2.24, 2.45) is 11.1 Å². The maximum atomic E-state index is 13.7. The minimum absolute atomic E-state index is 0.0178. The monoisotopic (exact) mass is 498 g/mol. The molecule has 36 heavy (non-hydrogen) atoms. The van der Waals surface area contributed by atoms with Crippen molar-refractivity contribution in [2.75, 3.05) is 34.3 Å². The van der Waals surface area contributed by atoms with Gasteiger partial charge in [-0.3, -0.25) is 4.79 Å². The molecule has 0 radical (unpaired) electrons. The topological polar surface area (TPSA) is 109 Å². The number of hydrogen-bond acceptors (Lipinski definition) is 7. The third-order valence-corrected chi connectivity index (χ3v) is 6.52. The number of halogens is 1. The van der Waals surface area contributed by atoms with E-state index in [9.17, 15) is 14.0 Å². The lowest BCUT2D eigenvalue weighted by Crippen LogP contribution is -2.45. The number of ether oxygens (including phenoxy) is 1. The largest absolute Gasteiger partial charge is 0.494 e. The molecule has 0 saturated carbocycles. The predicted molar refractivity (Wildman–Crippen MR) is 130 cm³/mol. The van der Waals surface area contributed by atoms with Crippen molar-refractivity contribution in [3.63, 3.8) is 0 Å². The second-order valence-corrected chi connectivity index (χ2v) is 9.22. The smallest absolute Gasteiger partial charge is 0.319 e. The molecule has 1 atom stereocenters. The zero-order valence-electron chi connectivity index (χ0n) is 21.0. The van der Waals surface area contributed by atoms with Crippen molar-refractivity contribution in [1.29, 1.82) is 0 Å². The van der Waals surface area contributed by atoms with Crippen molar-refractivity contribution >= 4 is 17.6 Å². The summed E-state index contributed by atoms with van der Waals surface area (Å²) >= 11 is 0. The Labute approximate surface area is 209 Å². The quantitative estimate of drug-likeness (QED) is 0.656. The molecule has 3 heterocycles. The van der Waals surface area contributed by atoms with Gasteiger partial charge in [-0.05, 0) is 37.5 Å². The van der Waals surface area contributed by atoms with Crippen LogP contribution in [-0.2, 0) is 11.4 Å². The molecule has 3 amide bonds. The van der Waals surface area contributed by atoms with E-state index >= 15 is 0 Å². The second kappa shape index (κ2) is 10.9. The molecule has 0 aliphatic carbocycles. The summed E-state index contributed by atoms with van der Waals surface area (Å²) in [7, 11) is 4.89. The van der Waals surface area contributed by atoms with Crippen LogP contribution in [0.25, 0.3) is 0 Å². The fraction of sp³-hybridized carbons (Fsp3) is 0.480. The number of nitrogens with zero attached hydrogens (tertiary/aromatic N) is 5. The number of aryl methyl sites for hydroxylation is 1. The lowest BCUT2D eigenvalue weighted by atomic mass is 9.88. The van der Waals surface area contributed by atoms with E-state index in [0.29, 0.717) is 42.2 Å². The van der Waals surface area contributed by atoms with Gasteiger partial charge in [0.2, 0.25) is 0 Å². The van der Waals surface area contributed by atoms with Crippen LogP contribution in [0.5, 0.6) is 5.75 Å². The number of amides is 3. The van der Waals surface area contributed by atoms with Gasteiger partial charge in [0.25, 0.3) is 5.91 Å². The van der Waals surface area contributed by atoms with E-state index in [1.165, 1.54) is 13.2 Å². The lowest BCUT2D eigenvalue weighted by Gasteiger charge is -2.35. The van der Waals surface area contributed by atoms with Crippen molar-refractivity contribution in [2.45, 2.75) is 38.8 Å². The number of aromatic nitrogens is 2. The summed E-state index contributed by atoms with van der Waals surface area (Å²) in [5.74, 6) is -0.0258. The number of piperidine rings is 1. The highest BCUT2D eigenvalue weighted by molar-refractivity contribution is 6.09. The first-order valence-corrected chi connectivity index (χ1v) is 11.9. The Morgan fingerprint density at radius 3 is 2.72 bits per heavy atom. The Morgan fingerprint density at radius 2 is 2.03 bits per heavy atom. The van der Waals surface area contributed by atoms with Crippen molar-refractivity contribution in [1.82, 2.24) is 25.1 Å². The van der Waals surface area contributed by atoms with Crippen LogP contribution in [-0.4, -0.2) is 77.8 Å². The van der Waals surface area contributed by atoms with Crippen LogP contribution in [0, 0.1) is 18.7 Å². The molecule has 10 nitrogen and oxygen atoms in total. The maximum absolute atomic E-state index is 13.7. The van der Waals surface area contributed by atoms with Crippen LogP contribution in [0.4, 0.5) is 9.18 Å². The van der Waals surface area contributed by atoms with Crippen molar-refractivity contribution < 1.29 is 23.6 Å². The van der Waals surface area contributed by atoms with Gasteiger partial charge in [-0.25, -0.2) is 19.2 Å². The molecule has 2 aromatic rings. The summed E-state index contributed by atoms with van der Waals surface area (Å²) in [6, 6.07) is 4.44. The number of likely N-dealkylation sites (tertiary alicyclic amines) is 1. The Kier molecular flexibility index (Phi) is 7.66. The summed E-state index contributed by atoms with van der Waals surface area (Å²) in [6.07, 6.45) is 3.66. The molecule has 1 saturated heterocycles. The zero-order valence-corrected chi connectivity index (χ0v) is 21.0. The number of benzene rings is 1. The van der Waals surface area contributed by atoms with Crippen LogP contribution in [0.15, 0.2) is 29.6 Å². The normalized spacial score (nSPS) is 17.9. The highest BCUT2D eigenvalue weighted by Crippen LogP contribution is 2.30. The SMILES string of the molecule is COc1cc(CNC(=O)c2nc(C)ncc2C2=NOC(C3CCN(C(=O)N(C)C)CC3)C2)ccc1F. The summed E-state index contributed by atoms with van der Waals surface area (Å²) in [5.41, 5.74) is 2.05. The van der Waals surface area contributed by atoms with E-state index in [-0.39, 0.29) is 41.9 Å². The van der Waals surface area contributed by atoms with Crippen LogP contribution in [0.1, 0.15) is 46.7 Å². The number of rotatable bonds is 6. The molecule has 192 valence electrons. The van der Waals surface area contributed by atoms with Gasteiger partial charge in [-0.2, -0.15) is 0 Å². The highest BCUT2D eigenvalue weighted by Gasteiger charge is 2.35. The van der Waals surface area contributed by atoms with Crippen LogP contribution >= 0.6 is 0 Å². The van der Waals surface area contributed by atoms with Gasteiger partial charge in [-0.1, -0.05) is 11.2 Å². The zero-order chi connectivity index (χ0) is 25.8. The molecule has 1 fully saturated rings. The number of methoxy groups -OCH3 is 1. The molecule has 1 aromatic carbocycles. The van der Waals surface area contributed by atoms with E-state index in [1.54, 1.807) is 44.2 Å². The Bertz CT molecular complexity index is 1160. The van der Waals surface area contributed by atoms with E-state index in [0.717, 1.165) is 12.8 Å². The van der Waals surface area contributed by atoms with Gasteiger partial charge in [0, 0.05) is 57.8 Å². The molecule has 0 bridgehead atoms. The Balaban J connectivity index is 1.40. The number of carbonyl (C=O) groups excluding carboxylic acids is 2. The third-order valence-electron chi connectivity index (χ3n) is 6.52. The highest BCUT2D eigenvalue weighted by atomic mass is 19.1. The number of urea groups is 1. The average molecular weight is 499 g/mol. The Hall–Kier alpha value is -3.76. The second-order valence-electron chi connectivity index (χ2n) is 9.22. The van der Waals surface area contributed by atoms with Gasteiger partial charge in [0.05, 0.1) is 12.8 Å². The Morgan fingerprint density at radius 1 is 1.28 bits per heavy atom. The summed E-state index contributed by atoms with van der Waals surface area (Å²) < 4.78 is 18.7. The number of carbonyl (C=O) groups is 2. The minimum Gasteiger partial charge on any atom is -0.494 e. The average Bonchev–Trinajstić information content (AvgIpc) is 3.37. The molecule has 1 aromatic heterocycles. The van der Waals surface area contributed by atoms with Gasteiger partial charge >= 0.3 is 6.03 Å². The molecule has 1 unspecified atom stereocenters. The molecular formula is C25H31FN6O4. The summed E-state index contributed by atoms with van der Waals surface area (Å²) in [5, 5.41) is 7.11. The summed E-state index contributed by atoms with van der Waals surface area (Å²) in [4.78, 5) is 43.1. The number of oxime groups is 1. The molecule has 2 aliphatic rings. The van der Waals surface area contributed by atoms with E-state index in [2.05, 4.69) is 20.4 Å². The molecule has 1 N–H and O–H groups in total. The number of hydrogen-bond donors (Lipinski definition) is 1. The van der Waals surface area contributed by atoms with E-state index < -0.39 is 5.82 Å². The maximum Gasteiger partial charge on any atom is 0.319 e. The van der Waals surface area contributed by atoms with Gasteiger partial charge < -0.3 is 24.7 Å². The van der Waals surface area contributed by atoms with Gasteiger partial charge in [0.1, 0.15) is 17.6 Å². The fourth-order valence-corrected chi connectivity index (χ4v) is 4.49. The lowest BCUT2D eigenvalue weighted by molar-refractivity contribution is 0.0171. The fourth-order valence-electron chi connectivity index (χ4n) is 4.49. The third kappa shape index (κ3) is 5.55. The van der Waals surface area contributed by atoms with Crippen LogP contribution < -0.4 is 10.1 Å². The first-order chi connectivity index (χ1) is 17.3. The number of nitrogens with one attached hydrogen (secondary N) is 1. The molecular weight excluding hydrogens is 467 g/mol. The molecule has 11 heteroatoms. The van der Waals surface area contributed by atoms with E-state index in [1.807, 2.05) is 4.90 Å². The van der Waals surface area contributed by atoms with Crippen LogP contribution in [0.2, 0.25) is 0 Å². The first-order valence-electron chi connectivity index (χ1n) is 11.9. The minimum atomic E-state index is -0.468. The first kappa shape index (κ1) is 25.3. The standard InChI is InChI=1S/C25H31FN6O4/c1-15-27-14-18(23(29-15)24(33)28-13-16-5-6-19(26)22(11-16)35-4)20-12-21(36-30-20)17-7-9-32(10-8-17)25(34)31(2)3/h5-6,11,14,17,21H,7-10,12-13H2,1-4H3,(H,28,33). The predicted octanol–water partition coefficient (Wildman–Crippen LogP) is 2.75. The molecule has 4 rings (SSSR count). The molecule has 0 spiro atoms. The van der Waals surface area contributed by atoms with Gasteiger partial charge in [0.15, 0.2) is 11.6 Å². The van der Waals surface area contributed by atoms with Crippen LogP contribution in [0.3, 0.4) is 0 Å². The summed E-state index contributed by atoms with van der Waals surface area (Å²) in [6.45, 7) is 3.23.